The van der Waals surface area contributed by atoms with Gasteiger partial charge in [0.1, 0.15) is 0 Å². The summed E-state index contributed by atoms with van der Waals surface area (Å²) in [6, 6.07) is 8.00. The number of nitrogens with zero attached hydrogens (tertiary/aromatic N) is 1. The molecule has 1 aromatic carbocycles. The maximum Gasteiger partial charge on any atom is 0.255 e. The van der Waals surface area contributed by atoms with Gasteiger partial charge in [0.15, 0.2) is 0 Å². The molecule has 4 heteroatoms. The highest BCUT2D eigenvalue weighted by atomic mass is 35.5. The van der Waals surface area contributed by atoms with E-state index in [1.54, 1.807) is 11.8 Å². The maximum absolute atomic E-state index is 12.6. The number of carbonyl (C=O) groups excluding carboxylic acids is 1. The van der Waals surface area contributed by atoms with Gasteiger partial charge in [-0.05, 0) is 37.7 Å². The molecule has 98 valence electrons. The van der Waals surface area contributed by atoms with Crippen LogP contribution in [0.2, 0.25) is 0 Å². The Kier molecular flexibility index (Phi) is 4.95. The fourth-order valence-corrected chi connectivity index (χ4v) is 3.32. The molecule has 0 saturated carbocycles. The maximum atomic E-state index is 12.6. The summed E-state index contributed by atoms with van der Waals surface area (Å²) in [6.07, 6.45) is 5.28. The molecule has 2 nitrogen and oxygen atoms in total. The summed E-state index contributed by atoms with van der Waals surface area (Å²) in [5.74, 6) is 0.665. The van der Waals surface area contributed by atoms with Crippen LogP contribution in [0, 0.1) is 0 Å². The Morgan fingerprint density at radius 2 is 2.22 bits per heavy atom. The third-order valence-electron chi connectivity index (χ3n) is 3.40. The quantitative estimate of drug-likeness (QED) is 0.623. The molecule has 1 heterocycles. The third kappa shape index (κ3) is 2.83. The van der Waals surface area contributed by atoms with Crippen LogP contribution >= 0.6 is 23.4 Å². The third-order valence-corrected chi connectivity index (χ3v) is 4.56. The number of likely N-dealkylation sites (tertiary alicyclic amines) is 1. The Morgan fingerprint density at radius 1 is 1.44 bits per heavy atom. The highest BCUT2D eigenvalue weighted by molar-refractivity contribution is 7.98. The summed E-state index contributed by atoms with van der Waals surface area (Å²) >= 11 is 7.60. The molecular formula is C14H18ClNOS. The molecule has 0 aromatic heterocycles. The van der Waals surface area contributed by atoms with E-state index in [4.69, 9.17) is 11.6 Å². The van der Waals surface area contributed by atoms with Crippen molar-refractivity contribution in [3.05, 3.63) is 29.8 Å². The second kappa shape index (κ2) is 6.48. The highest BCUT2D eigenvalue weighted by Crippen LogP contribution is 2.25. The van der Waals surface area contributed by atoms with Crippen molar-refractivity contribution in [1.82, 2.24) is 4.90 Å². The van der Waals surface area contributed by atoms with Crippen molar-refractivity contribution in [2.75, 3.05) is 18.7 Å². The van der Waals surface area contributed by atoms with E-state index in [-0.39, 0.29) is 11.9 Å². The zero-order valence-corrected chi connectivity index (χ0v) is 12.1. The zero-order chi connectivity index (χ0) is 13.0. The number of piperidine rings is 1. The van der Waals surface area contributed by atoms with Gasteiger partial charge >= 0.3 is 0 Å². The first-order valence-electron chi connectivity index (χ1n) is 6.28. The lowest BCUT2D eigenvalue weighted by molar-refractivity contribution is 0.0635. The highest BCUT2D eigenvalue weighted by Gasteiger charge is 2.27. The molecular weight excluding hydrogens is 266 g/mol. The summed E-state index contributed by atoms with van der Waals surface area (Å²) in [5.41, 5.74) is 0.807. The molecule has 1 fully saturated rings. The molecule has 1 aliphatic heterocycles. The fraction of sp³-hybridized carbons (Fsp3) is 0.500. The van der Waals surface area contributed by atoms with Crippen LogP contribution in [0.15, 0.2) is 29.2 Å². The second-order valence-corrected chi connectivity index (χ2v) is 5.66. The van der Waals surface area contributed by atoms with Gasteiger partial charge in [-0.15, -0.1) is 23.4 Å². The molecule has 1 unspecified atom stereocenters. The van der Waals surface area contributed by atoms with E-state index in [1.165, 1.54) is 6.42 Å². The van der Waals surface area contributed by atoms with Gasteiger partial charge in [0, 0.05) is 23.4 Å². The molecule has 2 rings (SSSR count). The number of alkyl halides is 1. The van der Waals surface area contributed by atoms with Crippen LogP contribution in [0.3, 0.4) is 0 Å². The smallest absolute Gasteiger partial charge is 0.255 e. The number of hydrogen-bond donors (Lipinski definition) is 0. The number of amides is 1. The monoisotopic (exact) mass is 283 g/mol. The lowest BCUT2D eigenvalue weighted by Gasteiger charge is -2.35. The Hall–Kier alpha value is -0.670. The number of rotatable bonds is 3. The van der Waals surface area contributed by atoms with Crippen LogP contribution in [0.1, 0.15) is 29.6 Å². The molecule has 0 spiro atoms. The molecule has 0 aliphatic carbocycles. The molecule has 0 bridgehead atoms. The average molecular weight is 284 g/mol. The summed E-state index contributed by atoms with van der Waals surface area (Å²) in [7, 11) is 0. The van der Waals surface area contributed by atoms with E-state index in [0.717, 1.165) is 29.8 Å². The SMILES string of the molecule is CSc1ccccc1C(=O)N1CCCCC1CCl. The minimum absolute atomic E-state index is 0.130. The predicted molar refractivity (Wildman–Crippen MR) is 77.6 cm³/mol. The average Bonchev–Trinajstić information content (AvgIpc) is 2.46. The topological polar surface area (TPSA) is 20.3 Å². The number of thioether (sulfide) groups is 1. The van der Waals surface area contributed by atoms with Crippen molar-refractivity contribution in [2.45, 2.75) is 30.2 Å². The van der Waals surface area contributed by atoms with Crippen LogP contribution in [0.25, 0.3) is 0 Å². The molecule has 1 aliphatic rings. The Bertz CT molecular complexity index is 424. The molecule has 1 amide bonds. The molecule has 1 saturated heterocycles. The van der Waals surface area contributed by atoms with E-state index in [0.29, 0.717) is 5.88 Å². The summed E-state index contributed by atoms with van der Waals surface area (Å²) in [4.78, 5) is 15.6. The lowest BCUT2D eigenvalue weighted by Crippen LogP contribution is -2.44. The summed E-state index contributed by atoms with van der Waals surface area (Å²) < 4.78 is 0. The Labute approximate surface area is 118 Å². The van der Waals surface area contributed by atoms with Crippen LogP contribution < -0.4 is 0 Å². The van der Waals surface area contributed by atoms with Crippen LogP contribution in [-0.2, 0) is 0 Å². The van der Waals surface area contributed by atoms with Gasteiger partial charge in [-0.25, -0.2) is 0 Å². The Morgan fingerprint density at radius 3 is 2.94 bits per heavy atom. The van der Waals surface area contributed by atoms with Gasteiger partial charge in [0.25, 0.3) is 5.91 Å². The van der Waals surface area contributed by atoms with E-state index in [1.807, 2.05) is 35.4 Å². The van der Waals surface area contributed by atoms with Crippen molar-refractivity contribution in [1.29, 1.82) is 0 Å². The Balaban J connectivity index is 2.24. The van der Waals surface area contributed by atoms with Gasteiger partial charge in [-0.2, -0.15) is 0 Å². The van der Waals surface area contributed by atoms with Crippen molar-refractivity contribution in [3.8, 4) is 0 Å². The predicted octanol–water partition coefficient (Wildman–Crippen LogP) is 3.64. The standard InChI is InChI=1S/C14H18ClNOS/c1-18-13-8-3-2-7-12(13)14(17)16-9-5-4-6-11(16)10-15/h2-3,7-8,11H,4-6,9-10H2,1H3. The van der Waals surface area contributed by atoms with E-state index in [2.05, 4.69) is 0 Å². The number of benzene rings is 1. The van der Waals surface area contributed by atoms with Gasteiger partial charge in [-0.1, -0.05) is 12.1 Å². The van der Waals surface area contributed by atoms with Crippen LogP contribution in [0.4, 0.5) is 0 Å². The minimum atomic E-state index is 0.130. The number of hydrogen-bond acceptors (Lipinski definition) is 2. The largest absolute Gasteiger partial charge is 0.334 e. The molecule has 1 aromatic rings. The molecule has 0 N–H and O–H groups in total. The number of carbonyl (C=O) groups is 1. The van der Waals surface area contributed by atoms with E-state index < -0.39 is 0 Å². The van der Waals surface area contributed by atoms with Gasteiger partial charge in [0.2, 0.25) is 0 Å². The van der Waals surface area contributed by atoms with Crippen LogP contribution in [0.5, 0.6) is 0 Å². The normalized spacial score (nSPS) is 19.9. The first-order valence-corrected chi connectivity index (χ1v) is 8.03. The zero-order valence-electron chi connectivity index (χ0n) is 10.6. The fourth-order valence-electron chi connectivity index (χ4n) is 2.40. The second-order valence-electron chi connectivity index (χ2n) is 4.50. The van der Waals surface area contributed by atoms with E-state index >= 15 is 0 Å². The molecule has 1 atom stereocenters. The molecule has 18 heavy (non-hydrogen) atoms. The van der Waals surface area contributed by atoms with Gasteiger partial charge in [-0.3, -0.25) is 4.79 Å². The van der Waals surface area contributed by atoms with Crippen molar-refractivity contribution in [2.24, 2.45) is 0 Å². The lowest BCUT2D eigenvalue weighted by atomic mass is 10.0. The van der Waals surface area contributed by atoms with Crippen molar-refractivity contribution >= 4 is 29.3 Å². The van der Waals surface area contributed by atoms with E-state index in [9.17, 15) is 4.79 Å². The number of halogens is 1. The van der Waals surface area contributed by atoms with Crippen molar-refractivity contribution in [3.63, 3.8) is 0 Å². The minimum Gasteiger partial charge on any atom is -0.334 e. The molecule has 0 radical (unpaired) electrons. The summed E-state index contributed by atoms with van der Waals surface area (Å²) in [6.45, 7) is 0.832. The van der Waals surface area contributed by atoms with Crippen LogP contribution in [-0.4, -0.2) is 35.5 Å². The first kappa shape index (κ1) is 13.8. The summed E-state index contributed by atoms with van der Waals surface area (Å²) in [5, 5.41) is 0. The first-order chi connectivity index (χ1) is 8.77. The van der Waals surface area contributed by atoms with Gasteiger partial charge in [0.05, 0.1) is 5.56 Å². The van der Waals surface area contributed by atoms with Gasteiger partial charge < -0.3 is 4.90 Å². The van der Waals surface area contributed by atoms with Crippen molar-refractivity contribution < 1.29 is 4.79 Å².